The van der Waals surface area contributed by atoms with Crippen LogP contribution in [0.1, 0.15) is 5.69 Å². The molecule has 0 unspecified atom stereocenters. The maximum atomic E-state index is 5.95. The number of nitrogens with one attached hydrogen (secondary N) is 1. The van der Waals surface area contributed by atoms with Gasteiger partial charge in [0.1, 0.15) is 5.69 Å². The molecule has 0 amide bonds. The van der Waals surface area contributed by atoms with Crippen LogP contribution in [-0.4, -0.2) is 4.98 Å². The average molecular weight is 182 g/mol. The second-order valence-corrected chi connectivity index (χ2v) is 3.06. The van der Waals surface area contributed by atoms with Gasteiger partial charge < -0.3 is 9.40 Å². The highest BCUT2D eigenvalue weighted by Gasteiger charge is 2.07. The molecule has 2 nitrogen and oxygen atoms in total. The topological polar surface area (TPSA) is 28.9 Å². The van der Waals surface area contributed by atoms with Crippen LogP contribution in [0.4, 0.5) is 0 Å². The van der Waals surface area contributed by atoms with Crippen LogP contribution in [0.3, 0.4) is 0 Å². The van der Waals surface area contributed by atoms with Gasteiger partial charge >= 0.3 is 0 Å². The van der Waals surface area contributed by atoms with Crippen LogP contribution in [0.5, 0.6) is 0 Å². The third-order valence-electron chi connectivity index (χ3n) is 1.67. The molecule has 3 heteroatoms. The lowest BCUT2D eigenvalue weighted by Crippen LogP contribution is -1.73. The van der Waals surface area contributed by atoms with Gasteiger partial charge in [-0.3, -0.25) is 0 Å². The molecule has 2 aromatic heterocycles. The van der Waals surface area contributed by atoms with Crippen molar-refractivity contribution in [3.8, 4) is 11.5 Å². The first-order valence-electron chi connectivity index (χ1n) is 3.66. The molecule has 2 heterocycles. The Bertz CT molecular complexity index is 375. The second-order valence-electron chi connectivity index (χ2n) is 2.65. The van der Waals surface area contributed by atoms with E-state index in [-0.39, 0.29) is 0 Å². The number of aryl methyl sites for hydroxylation is 1. The Morgan fingerprint density at radius 1 is 1.50 bits per heavy atom. The summed E-state index contributed by atoms with van der Waals surface area (Å²) in [5.41, 5.74) is 1.88. The zero-order valence-electron chi connectivity index (χ0n) is 6.60. The molecular weight excluding hydrogens is 174 g/mol. The zero-order valence-corrected chi connectivity index (χ0v) is 7.35. The fourth-order valence-corrected chi connectivity index (χ4v) is 1.46. The molecule has 1 N–H and O–H groups in total. The van der Waals surface area contributed by atoms with E-state index in [1.807, 2.05) is 25.1 Å². The van der Waals surface area contributed by atoms with Gasteiger partial charge in [0.25, 0.3) is 0 Å². The number of rotatable bonds is 1. The lowest BCUT2D eigenvalue weighted by molar-refractivity contribution is 0.580. The van der Waals surface area contributed by atoms with Crippen LogP contribution in [0.25, 0.3) is 11.5 Å². The molecule has 0 fully saturated rings. The van der Waals surface area contributed by atoms with Crippen molar-refractivity contribution < 1.29 is 4.42 Å². The maximum absolute atomic E-state index is 5.95. The summed E-state index contributed by atoms with van der Waals surface area (Å²) in [7, 11) is 0. The molecule has 0 radical (unpaired) electrons. The van der Waals surface area contributed by atoms with Crippen molar-refractivity contribution in [1.29, 1.82) is 0 Å². The monoisotopic (exact) mass is 181 g/mol. The minimum atomic E-state index is 0.697. The Morgan fingerprint density at radius 2 is 2.33 bits per heavy atom. The van der Waals surface area contributed by atoms with Gasteiger partial charge in [-0.15, -0.1) is 0 Å². The highest BCUT2D eigenvalue weighted by molar-refractivity contribution is 6.33. The third kappa shape index (κ3) is 1.14. The van der Waals surface area contributed by atoms with Crippen molar-refractivity contribution in [1.82, 2.24) is 4.98 Å². The summed E-state index contributed by atoms with van der Waals surface area (Å²) in [6, 6.07) is 5.58. The number of hydrogen-bond acceptors (Lipinski definition) is 1. The predicted molar refractivity (Wildman–Crippen MR) is 48.2 cm³/mol. The highest BCUT2D eigenvalue weighted by Crippen LogP contribution is 2.27. The number of hydrogen-bond donors (Lipinski definition) is 1. The van der Waals surface area contributed by atoms with Gasteiger partial charge in [-0.25, -0.2) is 0 Å². The molecule has 2 aromatic rings. The molecule has 0 saturated carbocycles. The minimum Gasteiger partial charge on any atom is -0.463 e. The van der Waals surface area contributed by atoms with Crippen LogP contribution in [0.15, 0.2) is 28.9 Å². The van der Waals surface area contributed by atoms with E-state index in [1.165, 1.54) is 0 Å². The Morgan fingerprint density at radius 3 is 2.83 bits per heavy atom. The summed E-state index contributed by atoms with van der Waals surface area (Å²) in [6.45, 7) is 1.96. The summed E-state index contributed by atoms with van der Waals surface area (Å²) in [5, 5.41) is 0.697. The van der Waals surface area contributed by atoms with Crippen molar-refractivity contribution in [3.05, 3.63) is 35.2 Å². The third-order valence-corrected chi connectivity index (χ3v) is 1.97. The highest BCUT2D eigenvalue weighted by atomic mass is 35.5. The van der Waals surface area contributed by atoms with Gasteiger partial charge in [0.2, 0.25) is 0 Å². The Balaban J connectivity index is 2.54. The number of H-pyrrole nitrogens is 1. The average Bonchev–Trinajstić information content (AvgIpc) is 2.58. The summed E-state index contributed by atoms with van der Waals surface area (Å²) < 4.78 is 5.20. The van der Waals surface area contributed by atoms with E-state index in [9.17, 15) is 0 Å². The van der Waals surface area contributed by atoms with Crippen molar-refractivity contribution in [2.75, 3.05) is 0 Å². The lowest BCUT2D eigenvalue weighted by Gasteiger charge is -1.91. The van der Waals surface area contributed by atoms with E-state index in [4.69, 9.17) is 16.0 Å². The van der Waals surface area contributed by atoms with E-state index in [0.29, 0.717) is 5.02 Å². The molecule has 12 heavy (non-hydrogen) atoms. The summed E-state index contributed by atoms with van der Waals surface area (Å²) in [4.78, 5) is 3.12. The predicted octanol–water partition coefficient (Wildman–Crippen LogP) is 3.24. The molecule has 2 rings (SSSR count). The van der Waals surface area contributed by atoms with E-state index >= 15 is 0 Å². The quantitative estimate of drug-likeness (QED) is 0.719. The standard InChI is InChI=1S/C9H8ClNO/c1-6-5-7(10)9(11-6)8-3-2-4-12-8/h2-5,11H,1H3. The number of aromatic amines is 1. The van der Waals surface area contributed by atoms with E-state index in [2.05, 4.69) is 4.98 Å². The first-order chi connectivity index (χ1) is 5.77. The molecule has 62 valence electrons. The van der Waals surface area contributed by atoms with Crippen molar-refractivity contribution in [3.63, 3.8) is 0 Å². The number of furan rings is 1. The summed E-state index contributed by atoms with van der Waals surface area (Å²) >= 11 is 5.95. The minimum absolute atomic E-state index is 0.697. The van der Waals surface area contributed by atoms with Gasteiger partial charge in [0, 0.05) is 5.69 Å². The fraction of sp³-hybridized carbons (Fsp3) is 0.111. The SMILES string of the molecule is Cc1cc(Cl)c(-c2ccco2)[nH]1. The molecular formula is C9H8ClNO. The molecule has 0 aliphatic carbocycles. The summed E-state index contributed by atoms with van der Waals surface area (Å²) in [5.74, 6) is 0.771. The number of halogens is 1. The van der Waals surface area contributed by atoms with Gasteiger partial charge in [0.15, 0.2) is 5.76 Å². The van der Waals surface area contributed by atoms with Crippen LogP contribution in [-0.2, 0) is 0 Å². The van der Waals surface area contributed by atoms with Gasteiger partial charge in [0.05, 0.1) is 11.3 Å². The largest absolute Gasteiger partial charge is 0.463 e. The zero-order chi connectivity index (χ0) is 8.55. The van der Waals surface area contributed by atoms with E-state index < -0.39 is 0 Å². The fourth-order valence-electron chi connectivity index (χ4n) is 1.16. The van der Waals surface area contributed by atoms with Gasteiger partial charge in [-0.2, -0.15) is 0 Å². The first kappa shape index (κ1) is 7.50. The van der Waals surface area contributed by atoms with E-state index in [1.54, 1.807) is 6.26 Å². The first-order valence-corrected chi connectivity index (χ1v) is 4.04. The molecule has 0 bridgehead atoms. The Kier molecular flexibility index (Phi) is 1.70. The van der Waals surface area contributed by atoms with Crippen LogP contribution in [0.2, 0.25) is 5.02 Å². The molecule has 0 saturated heterocycles. The number of aromatic nitrogens is 1. The molecule has 0 spiro atoms. The van der Waals surface area contributed by atoms with E-state index in [0.717, 1.165) is 17.1 Å². The van der Waals surface area contributed by atoms with Crippen LogP contribution in [0, 0.1) is 6.92 Å². The Labute approximate surface area is 75.2 Å². The summed E-state index contributed by atoms with van der Waals surface area (Å²) in [6.07, 6.45) is 1.63. The molecule has 0 aliphatic rings. The van der Waals surface area contributed by atoms with Crippen molar-refractivity contribution in [2.45, 2.75) is 6.92 Å². The normalized spacial score (nSPS) is 10.5. The van der Waals surface area contributed by atoms with Crippen molar-refractivity contribution >= 4 is 11.6 Å². The second kappa shape index (κ2) is 2.72. The maximum Gasteiger partial charge on any atom is 0.151 e. The Hall–Kier alpha value is -1.15. The smallest absolute Gasteiger partial charge is 0.151 e. The molecule has 0 atom stereocenters. The molecule has 0 aromatic carbocycles. The van der Waals surface area contributed by atoms with Gasteiger partial charge in [-0.1, -0.05) is 11.6 Å². The van der Waals surface area contributed by atoms with Crippen LogP contribution < -0.4 is 0 Å². The lowest BCUT2D eigenvalue weighted by atomic mass is 10.3. The van der Waals surface area contributed by atoms with Crippen LogP contribution >= 0.6 is 11.6 Å². The molecule has 0 aliphatic heterocycles. The van der Waals surface area contributed by atoms with Crippen molar-refractivity contribution in [2.24, 2.45) is 0 Å². The van der Waals surface area contributed by atoms with Gasteiger partial charge in [-0.05, 0) is 25.1 Å².